The third kappa shape index (κ3) is 5.65. The number of hydrogen-bond donors (Lipinski definition) is 1. The summed E-state index contributed by atoms with van der Waals surface area (Å²) in [4.78, 5) is 23.2. The van der Waals surface area contributed by atoms with Crippen LogP contribution >= 0.6 is 0 Å². The molecular formula is C18H20NNaO3. The van der Waals surface area contributed by atoms with Crippen LogP contribution in [0, 0.1) is 5.92 Å². The van der Waals surface area contributed by atoms with Gasteiger partial charge in [0, 0.05) is 6.42 Å². The van der Waals surface area contributed by atoms with Crippen LogP contribution in [0.4, 0.5) is 0 Å². The van der Waals surface area contributed by atoms with Crippen LogP contribution in [0.1, 0.15) is 25.8 Å². The molecule has 0 spiro atoms. The molecule has 1 amide bonds. The number of rotatable bonds is 6. The van der Waals surface area contributed by atoms with Gasteiger partial charge >= 0.3 is 29.6 Å². The van der Waals surface area contributed by atoms with Crippen molar-refractivity contribution in [3.63, 3.8) is 0 Å². The second kappa shape index (κ2) is 9.06. The Labute approximate surface area is 158 Å². The molecule has 0 saturated carbocycles. The van der Waals surface area contributed by atoms with Gasteiger partial charge in [0.2, 0.25) is 5.91 Å². The first-order valence-electron chi connectivity index (χ1n) is 7.44. The molecule has 1 N–H and O–H groups in total. The zero-order valence-corrected chi connectivity index (χ0v) is 15.8. The quantitative estimate of drug-likeness (QED) is 0.670. The fourth-order valence-electron chi connectivity index (χ4n) is 2.51. The Morgan fingerprint density at radius 1 is 1.09 bits per heavy atom. The van der Waals surface area contributed by atoms with E-state index in [2.05, 4.69) is 5.32 Å². The van der Waals surface area contributed by atoms with Gasteiger partial charge in [0.15, 0.2) is 0 Å². The molecule has 0 fully saturated rings. The summed E-state index contributed by atoms with van der Waals surface area (Å²) in [6.45, 7) is 3.83. The molecule has 0 aliphatic carbocycles. The second-order valence-electron chi connectivity index (χ2n) is 5.88. The molecule has 2 rings (SSSR count). The van der Waals surface area contributed by atoms with E-state index in [1.165, 1.54) is 0 Å². The van der Waals surface area contributed by atoms with Gasteiger partial charge in [-0.25, -0.2) is 0 Å². The fraction of sp³-hybridized carbons (Fsp3) is 0.333. The van der Waals surface area contributed by atoms with E-state index in [0.717, 1.165) is 16.3 Å². The molecule has 0 heterocycles. The van der Waals surface area contributed by atoms with E-state index >= 15 is 0 Å². The molecule has 23 heavy (non-hydrogen) atoms. The van der Waals surface area contributed by atoms with Crippen molar-refractivity contribution in [2.45, 2.75) is 32.7 Å². The van der Waals surface area contributed by atoms with E-state index in [9.17, 15) is 14.7 Å². The molecule has 4 nitrogen and oxygen atoms in total. The number of carboxylic acid groups (broad SMARTS) is 1. The third-order valence-corrected chi connectivity index (χ3v) is 3.52. The number of carbonyl (C=O) groups excluding carboxylic acids is 2. The zero-order valence-electron chi connectivity index (χ0n) is 13.8. The first-order chi connectivity index (χ1) is 10.5. The molecular weight excluding hydrogens is 301 g/mol. The SMILES string of the molecule is CC(C)CC(=O)NC(Cc1cccc2ccccc12)C(=O)[O-].[Na+]. The number of amides is 1. The summed E-state index contributed by atoms with van der Waals surface area (Å²) >= 11 is 0. The summed E-state index contributed by atoms with van der Waals surface area (Å²) in [5.74, 6) is -1.34. The Morgan fingerprint density at radius 3 is 2.39 bits per heavy atom. The van der Waals surface area contributed by atoms with Crippen LogP contribution < -0.4 is 40.0 Å². The summed E-state index contributed by atoms with van der Waals surface area (Å²) in [7, 11) is 0. The summed E-state index contributed by atoms with van der Waals surface area (Å²) in [6.07, 6.45) is 0.521. The first kappa shape index (κ1) is 19.7. The van der Waals surface area contributed by atoms with Gasteiger partial charge in [-0.15, -0.1) is 0 Å². The Balaban J connectivity index is 0.00000264. The molecule has 1 unspecified atom stereocenters. The fourth-order valence-corrected chi connectivity index (χ4v) is 2.51. The molecule has 5 heteroatoms. The number of aliphatic carboxylic acids is 1. The average molecular weight is 321 g/mol. The molecule has 1 atom stereocenters. The van der Waals surface area contributed by atoms with Gasteiger partial charge in [-0.05, 0) is 28.7 Å². The minimum atomic E-state index is -1.26. The minimum absolute atomic E-state index is 0. The van der Waals surface area contributed by atoms with Crippen LogP contribution in [-0.2, 0) is 16.0 Å². The van der Waals surface area contributed by atoms with Gasteiger partial charge in [-0.2, -0.15) is 0 Å². The predicted octanol–water partition coefficient (Wildman–Crippen LogP) is -1.33. The maximum atomic E-state index is 11.8. The maximum absolute atomic E-state index is 11.8. The number of carbonyl (C=O) groups is 2. The molecule has 0 saturated heterocycles. The first-order valence-corrected chi connectivity index (χ1v) is 7.44. The van der Waals surface area contributed by atoms with Crippen molar-refractivity contribution in [3.8, 4) is 0 Å². The standard InChI is InChI=1S/C18H21NO3.Na/c1-12(2)10-17(20)19-16(18(21)22)11-14-8-5-7-13-6-3-4-9-15(13)14;/h3-9,12,16H,10-11H2,1-2H3,(H,19,20)(H,21,22);/q;+1/p-1. The van der Waals surface area contributed by atoms with E-state index in [1.807, 2.05) is 56.3 Å². The molecule has 0 radical (unpaired) electrons. The maximum Gasteiger partial charge on any atom is 1.00 e. The summed E-state index contributed by atoms with van der Waals surface area (Å²) in [5.41, 5.74) is 0.886. The van der Waals surface area contributed by atoms with Crippen LogP contribution in [0.15, 0.2) is 42.5 Å². The molecule has 0 aliphatic heterocycles. The normalized spacial score (nSPS) is 11.8. The monoisotopic (exact) mass is 321 g/mol. The van der Waals surface area contributed by atoms with E-state index in [0.29, 0.717) is 6.42 Å². The van der Waals surface area contributed by atoms with Crippen molar-refractivity contribution >= 4 is 22.6 Å². The van der Waals surface area contributed by atoms with Crippen LogP contribution in [0.3, 0.4) is 0 Å². The Kier molecular flexibility index (Phi) is 7.76. The van der Waals surface area contributed by atoms with E-state index in [1.54, 1.807) is 0 Å². The van der Waals surface area contributed by atoms with Crippen LogP contribution in [0.25, 0.3) is 10.8 Å². The van der Waals surface area contributed by atoms with Crippen molar-refractivity contribution in [1.29, 1.82) is 0 Å². The Bertz CT molecular complexity index is 680. The Hall–Kier alpha value is -1.36. The number of carboxylic acids is 1. The van der Waals surface area contributed by atoms with Crippen molar-refractivity contribution in [2.24, 2.45) is 5.92 Å². The summed E-state index contributed by atoms with van der Waals surface area (Å²) < 4.78 is 0. The second-order valence-corrected chi connectivity index (χ2v) is 5.88. The number of nitrogens with one attached hydrogen (secondary N) is 1. The number of benzene rings is 2. The molecule has 116 valence electrons. The average Bonchev–Trinajstić information content (AvgIpc) is 2.46. The van der Waals surface area contributed by atoms with Crippen LogP contribution in [0.5, 0.6) is 0 Å². The van der Waals surface area contributed by atoms with Crippen molar-refractivity contribution < 1.29 is 44.3 Å². The largest absolute Gasteiger partial charge is 1.00 e. The van der Waals surface area contributed by atoms with Gasteiger partial charge in [0.1, 0.15) is 0 Å². The van der Waals surface area contributed by atoms with Gasteiger partial charge in [-0.3, -0.25) is 4.79 Å². The molecule has 2 aromatic rings. The predicted molar refractivity (Wildman–Crippen MR) is 84.0 cm³/mol. The van der Waals surface area contributed by atoms with Crippen LogP contribution in [-0.4, -0.2) is 17.9 Å². The molecule has 0 bridgehead atoms. The van der Waals surface area contributed by atoms with E-state index in [-0.39, 0.29) is 47.8 Å². The molecule has 0 aliphatic rings. The number of hydrogen-bond acceptors (Lipinski definition) is 3. The third-order valence-electron chi connectivity index (χ3n) is 3.52. The smallest absolute Gasteiger partial charge is 0.548 e. The van der Waals surface area contributed by atoms with Gasteiger partial charge in [-0.1, -0.05) is 56.3 Å². The van der Waals surface area contributed by atoms with Gasteiger partial charge in [0.25, 0.3) is 0 Å². The van der Waals surface area contributed by atoms with Crippen molar-refractivity contribution in [1.82, 2.24) is 5.32 Å². The van der Waals surface area contributed by atoms with Crippen LogP contribution in [0.2, 0.25) is 0 Å². The topological polar surface area (TPSA) is 69.2 Å². The minimum Gasteiger partial charge on any atom is -0.548 e. The molecule has 2 aromatic carbocycles. The van der Waals surface area contributed by atoms with Gasteiger partial charge in [0.05, 0.1) is 12.0 Å². The van der Waals surface area contributed by atoms with Crippen molar-refractivity contribution in [2.75, 3.05) is 0 Å². The van der Waals surface area contributed by atoms with E-state index < -0.39 is 12.0 Å². The molecule has 0 aromatic heterocycles. The van der Waals surface area contributed by atoms with E-state index in [4.69, 9.17) is 0 Å². The number of fused-ring (bicyclic) bond motifs is 1. The summed E-state index contributed by atoms with van der Waals surface area (Å²) in [6, 6.07) is 12.5. The Morgan fingerprint density at radius 2 is 1.74 bits per heavy atom. The summed E-state index contributed by atoms with van der Waals surface area (Å²) in [5, 5.41) is 15.9. The van der Waals surface area contributed by atoms with Gasteiger partial charge < -0.3 is 15.2 Å². The zero-order chi connectivity index (χ0) is 16.1. The van der Waals surface area contributed by atoms with Crippen molar-refractivity contribution in [3.05, 3.63) is 48.0 Å².